The highest BCUT2D eigenvalue weighted by atomic mass is 79.9. The number of nitrogen functional groups attached to an aromatic ring is 1. The molecule has 1 heterocycles. The summed E-state index contributed by atoms with van der Waals surface area (Å²) < 4.78 is 1.08. The monoisotopic (exact) mass is 306 g/mol. The van der Waals surface area contributed by atoms with E-state index in [2.05, 4.69) is 37.3 Å². The fourth-order valence-corrected chi connectivity index (χ4v) is 2.02. The van der Waals surface area contributed by atoms with Gasteiger partial charge in [-0.2, -0.15) is 0 Å². The van der Waals surface area contributed by atoms with E-state index in [0.717, 1.165) is 22.5 Å². The summed E-state index contributed by atoms with van der Waals surface area (Å²) in [5.41, 5.74) is 6.91. The lowest BCUT2D eigenvalue weighted by Crippen LogP contribution is -2.06. The van der Waals surface area contributed by atoms with Gasteiger partial charge in [0.1, 0.15) is 17.5 Å². The van der Waals surface area contributed by atoms with Crippen molar-refractivity contribution in [2.24, 2.45) is 0 Å². The number of aromatic nitrogens is 2. The van der Waals surface area contributed by atoms with Crippen LogP contribution in [0.4, 0.5) is 11.6 Å². The van der Waals surface area contributed by atoms with Crippen LogP contribution in [0.25, 0.3) is 0 Å². The molecule has 0 unspecified atom stereocenters. The van der Waals surface area contributed by atoms with Crippen molar-refractivity contribution in [2.75, 3.05) is 11.1 Å². The molecule has 0 radical (unpaired) electrons. The average molecular weight is 307 g/mol. The molecular formula is C13H15BrN4. The first kappa shape index (κ1) is 12.8. The number of halogens is 1. The molecule has 0 fully saturated rings. The molecule has 0 spiro atoms. The summed E-state index contributed by atoms with van der Waals surface area (Å²) in [4.78, 5) is 8.52. The van der Waals surface area contributed by atoms with Gasteiger partial charge in [-0.1, -0.05) is 41.1 Å². The van der Waals surface area contributed by atoms with Crippen molar-refractivity contribution in [1.29, 1.82) is 0 Å². The zero-order chi connectivity index (χ0) is 13.0. The maximum absolute atomic E-state index is 5.73. The Labute approximate surface area is 115 Å². The van der Waals surface area contributed by atoms with E-state index in [1.165, 1.54) is 5.56 Å². The van der Waals surface area contributed by atoms with Gasteiger partial charge in [-0.15, -0.1) is 0 Å². The quantitative estimate of drug-likeness (QED) is 0.911. The molecule has 0 aliphatic heterocycles. The highest BCUT2D eigenvalue weighted by Gasteiger charge is 2.02. The minimum absolute atomic E-state index is 0.497. The second kappa shape index (κ2) is 5.82. The van der Waals surface area contributed by atoms with Gasteiger partial charge in [0.05, 0.1) is 0 Å². The fraction of sp³-hybridized carbons (Fsp3) is 0.231. The van der Waals surface area contributed by atoms with E-state index in [4.69, 9.17) is 5.73 Å². The number of rotatable bonds is 4. The molecule has 0 aliphatic carbocycles. The van der Waals surface area contributed by atoms with E-state index in [-0.39, 0.29) is 0 Å². The lowest BCUT2D eigenvalue weighted by Gasteiger charge is -2.09. The van der Waals surface area contributed by atoms with Crippen LogP contribution >= 0.6 is 15.9 Å². The lowest BCUT2D eigenvalue weighted by atomic mass is 10.2. The van der Waals surface area contributed by atoms with E-state index in [1.54, 1.807) is 6.07 Å². The minimum Gasteiger partial charge on any atom is -0.384 e. The molecule has 3 N–H and O–H groups in total. The van der Waals surface area contributed by atoms with Crippen LogP contribution in [-0.4, -0.2) is 9.97 Å². The van der Waals surface area contributed by atoms with Gasteiger partial charge in [-0.3, -0.25) is 0 Å². The molecule has 0 bridgehead atoms. The molecule has 1 aromatic heterocycles. The number of nitrogens with zero attached hydrogens (tertiary/aromatic N) is 2. The molecule has 5 heteroatoms. The smallest absolute Gasteiger partial charge is 0.132 e. The molecule has 94 valence electrons. The molecule has 4 nitrogen and oxygen atoms in total. The molecule has 18 heavy (non-hydrogen) atoms. The highest BCUT2D eigenvalue weighted by Crippen LogP contribution is 2.17. The van der Waals surface area contributed by atoms with Gasteiger partial charge in [0.15, 0.2) is 0 Å². The largest absolute Gasteiger partial charge is 0.384 e. The molecule has 0 amide bonds. The Morgan fingerprint density at radius 2 is 2.06 bits per heavy atom. The number of anilines is 2. The summed E-state index contributed by atoms with van der Waals surface area (Å²) in [6, 6.07) is 9.82. The number of benzene rings is 1. The summed E-state index contributed by atoms with van der Waals surface area (Å²) in [6.07, 6.45) is 0.773. The predicted octanol–water partition coefficient (Wildman–Crippen LogP) is 3.00. The first-order chi connectivity index (χ1) is 8.69. The van der Waals surface area contributed by atoms with E-state index in [9.17, 15) is 0 Å². The number of aryl methyl sites for hydroxylation is 1. The molecule has 0 atom stereocenters. The van der Waals surface area contributed by atoms with Gasteiger partial charge < -0.3 is 11.1 Å². The molecule has 1 aromatic carbocycles. The standard InChI is InChI=1S/C13H15BrN4/c1-2-12-17-11(15)7-13(18-12)16-8-9-5-3-4-6-10(9)14/h3-7H,2,8H2,1H3,(H3,15,16,17,18). The van der Waals surface area contributed by atoms with Crippen molar-refractivity contribution in [3.63, 3.8) is 0 Å². The lowest BCUT2D eigenvalue weighted by molar-refractivity contribution is 0.937. The van der Waals surface area contributed by atoms with Crippen LogP contribution in [0, 0.1) is 0 Å². The summed E-state index contributed by atoms with van der Waals surface area (Å²) in [5, 5.41) is 3.26. The normalized spacial score (nSPS) is 10.3. The molecule has 0 saturated heterocycles. The molecule has 0 saturated carbocycles. The Balaban J connectivity index is 2.11. The van der Waals surface area contributed by atoms with Gasteiger partial charge in [0.25, 0.3) is 0 Å². The van der Waals surface area contributed by atoms with Gasteiger partial charge >= 0.3 is 0 Å². The first-order valence-corrected chi connectivity index (χ1v) is 6.59. The van der Waals surface area contributed by atoms with Crippen molar-refractivity contribution >= 4 is 27.6 Å². The third kappa shape index (κ3) is 3.20. The van der Waals surface area contributed by atoms with Crippen molar-refractivity contribution in [3.05, 3.63) is 46.2 Å². The molecular weight excluding hydrogens is 292 g/mol. The summed E-state index contributed by atoms with van der Waals surface area (Å²) in [6.45, 7) is 2.70. The van der Waals surface area contributed by atoms with Gasteiger partial charge in [-0.25, -0.2) is 9.97 Å². The van der Waals surface area contributed by atoms with E-state index >= 15 is 0 Å². The van der Waals surface area contributed by atoms with E-state index in [0.29, 0.717) is 12.4 Å². The third-order valence-electron chi connectivity index (χ3n) is 2.53. The average Bonchev–Trinajstić information content (AvgIpc) is 2.37. The van der Waals surface area contributed by atoms with E-state index < -0.39 is 0 Å². The number of nitrogens with two attached hydrogens (primary N) is 1. The van der Waals surface area contributed by atoms with Gasteiger partial charge in [-0.05, 0) is 11.6 Å². The van der Waals surface area contributed by atoms with Crippen molar-refractivity contribution < 1.29 is 0 Å². The van der Waals surface area contributed by atoms with Crippen LogP contribution in [-0.2, 0) is 13.0 Å². The third-order valence-corrected chi connectivity index (χ3v) is 3.30. The maximum atomic E-state index is 5.73. The highest BCUT2D eigenvalue weighted by molar-refractivity contribution is 9.10. The van der Waals surface area contributed by atoms with Crippen LogP contribution in [0.5, 0.6) is 0 Å². The predicted molar refractivity (Wildman–Crippen MR) is 77.3 cm³/mol. The van der Waals surface area contributed by atoms with Gasteiger partial charge in [0, 0.05) is 23.5 Å². The Bertz CT molecular complexity index is 542. The van der Waals surface area contributed by atoms with Crippen LogP contribution in [0.1, 0.15) is 18.3 Å². The summed E-state index contributed by atoms with van der Waals surface area (Å²) >= 11 is 3.51. The van der Waals surface area contributed by atoms with Crippen molar-refractivity contribution in [3.8, 4) is 0 Å². The Morgan fingerprint density at radius 1 is 1.28 bits per heavy atom. The number of nitrogens with one attached hydrogen (secondary N) is 1. The Morgan fingerprint density at radius 3 is 2.78 bits per heavy atom. The maximum Gasteiger partial charge on any atom is 0.132 e. The minimum atomic E-state index is 0.497. The second-order valence-electron chi connectivity index (χ2n) is 3.89. The van der Waals surface area contributed by atoms with Crippen LogP contribution < -0.4 is 11.1 Å². The second-order valence-corrected chi connectivity index (χ2v) is 4.75. The number of hydrogen-bond acceptors (Lipinski definition) is 4. The van der Waals surface area contributed by atoms with Crippen molar-refractivity contribution in [1.82, 2.24) is 9.97 Å². The summed E-state index contributed by atoms with van der Waals surface area (Å²) in [7, 11) is 0. The Kier molecular flexibility index (Phi) is 4.15. The molecule has 2 aromatic rings. The molecule has 2 rings (SSSR count). The SMILES string of the molecule is CCc1nc(N)cc(NCc2ccccc2Br)n1. The Hall–Kier alpha value is -1.62. The van der Waals surface area contributed by atoms with Gasteiger partial charge in [0.2, 0.25) is 0 Å². The zero-order valence-electron chi connectivity index (χ0n) is 10.2. The van der Waals surface area contributed by atoms with E-state index in [1.807, 2.05) is 25.1 Å². The first-order valence-electron chi connectivity index (χ1n) is 5.79. The summed E-state index contributed by atoms with van der Waals surface area (Å²) in [5.74, 6) is 2.01. The van der Waals surface area contributed by atoms with Crippen LogP contribution in [0.2, 0.25) is 0 Å². The van der Waals surface area contributed by atoms with Crippen LogP contribution in [0.15, 0.2) is 34.8 Å². The number of hydrogen-bond donors (Lipinski definition) is 2. The topological polar surface area (TPSA) is 63.8 Å². The molecule has 0 aliphatic rings. The fourth-order valence-electron chi connectivity index (χ4n) is 1.59. The van der Waals surface area contributed by atoms with Crippen LogP contribution in [0.3, 0.4) is 0 Å². The van der Waals surface area contributed by atoms with Crippen molar-refractivity contribution in [2.45, 2.75) is 19.9 Å². The zero-order valence-corrected chi connectivity index (χ0v) is 11.7.